The fourth-order valence-electron chi connectivity index (χ4n) is 2.08. The molecule has 0 bridgehead atoms. The Bertz CT molecular complexity index is 643. The van der Waals surface area contributed by atoms with E-state index in [9.17, 15) is 4.79 Å². The third kappa shape index (κ3) is 5.64. The Hall–Kier alpha value is -1.94. The Labute approximate surface area is 142 Å². The highest BCUT2D eigenvalue weighted by Gasteiger charge is 2.14. The number of nitrogens with one attached hydrogen (secondary N) is 1. The van der Waals surface area contributed by atoms with Crippen LogP contribution in [0, 0.1) is 13.8 Å². The summed E-state index contributed by atoms with van der Waals surface area (Å²) in [5.74, 6) is 1.67. The second kappa shape index (κ2) is 8.63. The molecule has 0 unspecified atom stereocenters. The molecule has 23 heavy (non-hydrogen) atoms. The quantitative estimate of drug-likeness (QED) is 0.763. The maximum Gasteiger partial charge on any atom is 0.237 e. The molecule has 2 aromatic carbocycles. The van der Waals surface area contributed by atoms with Crippen LogP contribution in [-0.4, -0.2) is 23.5 Å². The van der Waals surface area contributed by atoms with Gasteiger partial charge in [0.15, 0.2) is 0 Å². The predicted molar refractivity (Wildman–Crippen MR) is 98.4 cm³/mol. The molecule has 1 amide bonds. The van der Waals surface area contributed by atoms with Gasteiger partial charge in [-0.2, -0.15) is 0 Å². The van der Waals surface area contributed by atoms with Crippen LogP contribution in [0.25, 0.3) is 0 Å². The van der Waals surface area contributed by atoms with Gasteiger partial charge in [-0.3, -0.25) is 4.79 Å². The molecule has 0 saturated heterocycles. The Kier molecular flexibility index (Phi) is 6.53. The number of hydrogen-bond acceptors (Lipinski definition) is 3. The second-order valence-electron chi connectivity index (χ2n) is 5.48. The van der Waals surface area contributed by atoms with Crippen molar-refractivity contribution in [2.24, 2.45) is 0 Å². The van der Waals surface area contributed by atoms with Crippen LogP contribution in [-0.2, 0) is 4.79 Å². The number of ether oxygens (including phenoxy) is 1. The fourth-order valence-corrected chi connectivity index (χ4v) is 2.83. The first kappa shape index (κ1) is 17.4. The third-order valence-corrected chi connectivity index (χ3v) is 4.60. The molecule has 1 atom stereocenters. The SMILES string of the molecule is Cc1ccc(C)c(NC(=O)[C@@H](C)SCCOc2ccccc2)c1. The van der Waals surface area contributed by atoms with E-state index in [0.717, 1.165) is 28.3 Å². The number of benzene rings is 2. The van der Waals surface area contributed by atoms with Crippen molar-refractivity contribution in [3.63, 3.8) is 0 Å². The summed E-state index contributed by atoms with van der Waals surface area (Å²) in [5.41, 5.74) is 3.11. The lowest BCUT2D eigenvalue weighted by atomic mass is 10.1. The zero-order chi connectivity index (χ0) is 16.7. The molecule has 0 fully saturated rings. The fraction of sp³-hybridized carbons (Fsp3) is 0.316. The van der Waals surface area contributed by atoms with Gasteiger partial charge in [0.05, 0.1) is 11.9 Å². The van der Waals surface area contributed by atoms with Gasteiger partial charge in [-0.1, -0.05) is 30.3 Å². The number of anilines is 1. The van der Waals surface area contributed by atoms with Gasteiger partial charge in [-0.25, -0.2) is 0 Å². The monoisotopic (exact) mass is 329 g/mol. The van der Waals surface area contributed by atoms with E-state index in [4.69, 9.17) is 4.74 Å². The molecule has 2 aromatic rings. The molecule has 0 radical (unpaired) electrons. The Balaban J connectivity index is 1.75. The summed E-state index contributed by atoms with van der Waals surface area (Å²) in [6.45, 7) is 6.54. The summed E-state index contributed by atoms with van der Waals surface area (Å²) in [5, 5.41) is 2.89. The summed E-state index contributed by atoms with van der Waals surface area (Å²) in [7, 11) is 0. The highest BCUT2D eigenvalue weighted by molar-refractivity contribution is 8.00. The first-order valence-corrected chi connectivity index (χ1v) is 8.78. The van der Waals surface area contributed by atoms with Crippen molar-refractivity contribution in [2.45, 2.75) is 26.0 Å². The van der Waals surface area contributed by atoms with Crippen LogP contribution in [0.1, 0.15) is 18.1 Å². The molecule has 3 nitrogen and oxygen atoms in total. The van der Waals surface area contributed by atoms with Crippen LogP contribution in [0.3, 0.4) is 0 Å². The molecular weight excluding hydrogens is 306 g/mol. The molecule has 2 rings (SSSR count). The molecule has 0 aromatic heterocycles. The van der Waals surface area contributed by atoms with Crippen LogP contribution in [0.2, 0.25) is 0 Å². The zero-order valence-corrected chi connectivity index (χ0v) is 14.7. The molecule has 0 spiro atoms. The van der Waals surface area contributed by atoms with Crippen molar-refractivity contribution in [1.82, 2.24) is 0 Å². The number of carbonyl (C=O) groups is 1. The number of carbonyl (C=O) groups excluding carboxylic acids is 1. The maximum atomic E-state index is 12.3. The van der Waals surface area contributed by atoms with Gasteiger partial charge in [0, 0.05) is 11.4 Å². The Morgan fingerprint density at radius 3 is 2.65 bits per heavy atom. The van der Waals surface area contributed by atoms with Crippen LogP contribution < -0.4 is 10.1 Å². The first-order valence-electron chi connectivity index (χ1n) is 7.74. The van der Waals surface area contributed by atoms with Gasteiger partial charge in [-0.15, -0.1) is 11.8 Å². The van der Waals surface area contributed by atoms with Gasteiger partial charge in [0.2, 0.25) is 5.91 Å². The average Bonchev–Trinajstić information content (AvgIpc) is 2.55. The Morgan fingerprint density at radius 2 is 1.91 bits per heavy atom. The van der Waals surface area contributed by atoms with Crippen molar-refractivity contribution < 1.29 is 9.53 Å². The number of aryl methyl sites for hydroxylation is 2. The van der Waals surface area contributed by atoms with Gasteiger partial charge in [-0.05, 0) is 50.1 Å². The van der Waals surface area contributed by atoms with Gasteiger partial charge in [0.1, 0.15) is 5.75 Å². The smallest absolute Gasteiger partial charge is 0.237 e. The molecule has 0 aliphatic heterocycles. The van der Waals surface area contributed by atoms with Gasteiger partial charge < -0.3 is 10.1 Å². The van der Waals surface area contributed by atoms with Crippen LogP contribution >= 0.6 is 11.8 Å². The molecule has 0 saturated carbocycles. The number of thioether (sulfide) groups is 1. The lowest BCUT2D eigenvalue weighted by molar-refractivity contribution is -0.115. The summed E-state index contributed by atoms with van der Waals surface area (Å²) >= 11 is 1.60. The topological polar surface area (TPSA) is 38.3 Å². The van der Waals surface area contributed by atoms with Crippen LogP contribution in [0.5, 0.6) is 5.75 Å². The van der Waals surface area contributed by atoms with E-state index in [1.165, 1.54) is 0 Å². The lowest BCUT2D eigenvalue weighted by Gasteiger charge is -2.14. The van der Waals surface area contributed by atoms with Crippen LogP contribution in [0.4, 0.5) is 5.69 Å². The highest BCUT2D eigenvalue weighted by Crippen LogP contribution is 2.19. The van der Waals surface area contributed by atoms with E-state index in [-0.39, 0.29) is 11.2 Å². The second-order valence-corrected chi connectivity index (χ2v) is 6.93. The molecule has 0 aliphatic rings. The Morgan fingerprint density at radius 1 is 1.17 bits per heavy atom. The number of hydrogen-bond donors (Lipinski definition) is 1. The van der Waals surface area contributed by atoms with E-state index >= 15 is 0 Å². The van der Waals surface area contributed by atoms with Crippen molar-refractivity contribution in [2.75, 3.05) is 17.7 Å². The van der Waals surface area contributed by atoms with Crippen molar-refractivity contribution in [3.05, 3.63) is 59.7 Å². The van der Waals surface area contributed by atoms with Crippen molar-refractivity contribution in [1.29, 1.82) is 0 Å². The minimum absolute atomic E-state index is 0.0309. The van der Waals surface area contributed by atoms with Crippen molar-refractivity contribution >= 4 is 23.4 Å². The highest BCUT2D eigenvalue weighted by atomic mass is 32.2. The number of rotatable bonds is 7. The number of amides is 1. The molecule has 0 heterocycles. The van der Waals surface area contributed by atoms with E-state index in [1.807, 2.05) is 69.3 Å². The minimum Gasteiger partial charge on any atom is -0.493 e. The standard InChI is InChI=1S/C19H23NO2S/c1-14-9-10-15(2)18(13-14)20-19(21)16(3)23-12-11-22-17-7-5-4-6-8-17/h4-10,13,16H,11-12H2,1-3H3,(H,20,21)/t16-/m1/s1. The average molecular weight is 329 g/mol. The van der Waals surface area contributed by atoms with E-state index in [0.29, 0.717) is 6.61 Å². The van der Waals surface area contributed by atoms with Crippen molar-refractivity contribution in [3.8, 4) is 5.75 Å². The van der Waals surface area contributed by atoms with Gasteiger partial charge in [0.25, 0.3) is 0 Å². The third-order valence-electron chi connectivity index (χ3n) is 3.48. The van der Waals surface area contributed by atoms with Crippen LogP contribution in [0.15, 0.2) is 48.5 Å². The maximum absolute atomic E-state index is 12.3. The predicted octanol–water partition coefficient (Wildman–Crippen LogP) is 4.44. The molecule has 122 valence electrons. The summed E-state index contributed by atoms with van der Waals surface area (Å²) < 4.78 is 5.64. The molecule has 4 heteroatoms. The summed E-state index contributed by atoms with van der Waals surface area (Å²) in [6, 6.07) is 15.8. The minimum atomic E-state index is -0.116. The molecule has 1 N–H and O–H groups in total. The normalized spacial score (nSPS) is 11.8. The summed E-state index contributed by atoms with van der Waals surface area (Å²) in [4.78, 5) is 12.3. The number of para-hydroxylation sites is 1. The largest absolute Gasteiger partial charge is 0.493 e. The summed E-state index contributed by atoms with van der Waals surface area (Å²) in [6.07, 6.45) is 0. The van der Waals surface area contributed by atoms with E-state index in [1.54, 1.807) is 11.8 Å². The molecule has 0 aliphatic carbocycles. The van der Waals surface area contributed by atoms with E-state index < -0.39 is 0 Å². The first-order chi connectivity index (χ1) is 11.1. The molecular formula is C19H23NO2S. The van der Waals surface area contributed by atoms with E-state index in [2.05, 4.69) is 5.32 Å². The zero-order valence-electron chi connectivity index (χ0n) is 13.8. The lowest BCUT2D eigenvalue weighted by Crippen LogP contribution is -2.23. The van der Waals surface area contributed by atoms with Gasteiger partial charge >= 0.3 is 0 Å².